The minimum Gasteiger partial charge on any atom is -0.334 e. The molecule has 4 nitrogen and oxygen atoms in total. The highest BCUT2D eigenvalue weighted by Gasteiger charge is 2.46. The Hall–Kier alpha value is -1.81. The van der Waals surface area contributed by atoms with Crippen molar-refractivity contribution < 1.29 is 4.79 Å². The van der Waals surface area contributed by atoms with Crippen molar-refractivity contribution in [3.05, 3.63) is 47.5 Å². The first-order valence-electron chi connectivity index (χ1n) is 10.8. The summed E-state index contributed by atoms with van der Waals surface area (Å²) in [6.45, 7) is 3.95. The zero-order valence-corrected chi connectivity index (χ0v) is 16.1. The smallest absolute Gasteiger partial charge is 0.318 e. The summed E-state index contributed by atoms with van der Waals surface area (Å²) in [5.41, 5.74) is 2.72. The third kappa shape index (κ3) is 3.29. The molecule has 0 unspecified atom stereocenters. The monoisotopic (exact) mass is 365 g/mol. The van der Waals surface area contributed by atoms with Gasteiger partial charge >= 0.3 is 6.03 Å². The van der Waals surface area contributed by atoms with E-state index in [1.165, 1.54) is 45.2 Å². The highest BCUT2D eigenvalue weighted by molar-refractivity contribution is 5.75. The molecule has 0 aromatic heterocycles. The molecule has 3 saturated heterocycles. The van der Waals surface area contributed by atoms with Crippen LogP contribution in [-0.2, 0) is 6.54 Å². The Balaban J connectivity index is 1.33. The number of benzene rings is 1. The van der Waals surface area contributed by atoms with Gasteiger partial charge in [-0.1, -0.05) is 48.4 Å². The van der Waals surface area contributed by atoms with Gasteiger partial charge in [-0.3, -0.25) is 4.90 Å². The van der Waals surface area contributed by atoms with Gasteiger partial charge in [-0.05, 0) is 56.0 Å². The van der Waals surface area contributed by atoms with Gasteiger partial charge in [0.25, 0.3) is 0 Å². The molecule has 0 saturated carbocycles. The molecule has 2 amide bonds. The minimum atomic E-state index is 0.119. The van der Waals surface area contributed by atoms with Crippen LogP contribution in [0.25, 0.3) is 0 Å². The van der Waals surface area contributed by atoms with Gasteiger partial charge in [0.1, 0.15) is 0 Å². The van der Waals surface area contributed by atoms with Gasteiger partial charge in [0.15, 0.2) is 0 Å². The second-order valence-electron chi connectivity index (χ2n) is 8.85. The summed E-state index contributed by atoms with van der Waals surface area (Å²) in [5.74, 6) is 1.34. The molecular weight excluding hydrogens is 334 g/mol. The molecule has 4 aliphatic rings. The van der Waals surface area contributed by atoms with E-state index in [0.29, 0.717) is 18.5 Å². The fourth-order valence-electron chi connectivity index (χ4n) is 6.08. The molecule has 3 heterocycles. The Morgan fingerprint density at radius 3 is 2.89 bits per heavy atom. The van der Waals surface area contributed by atoms with E-state index in [9.17, 15) is 4.79 Å². The zero-order chi connectivity index (χ0) is 18.2. The van der Waals surface area contributed by atoms with Gasteiger partial charge in [-0.15, -0.1) is 0 Å². The second kappa shape index (κ2) is 7.31. The highest BCUT2D eigenvalue weighted by atomic mass is 16.2. The predicted molar refractivity (Wildman–Crippen MR) is 107 cm³/mol. The summed E-state index contributed by atoms with van der Waals surface area (Å²) < 4.78 is 0. The van der Waals surface area contributed by atoms with Crippen LogP contribution in [0.4, 0.5) is 4.79 Å². The van der Waals surface area contributed by atoms with E-state index in [1.807, 2.05) is 18.2 Å². The number of carbonyl (C=O) groups excluding carboxylic acids is 1. The number of nitrogens with one attached hydrogen (secondary N) is 1. The number of carbonyl (C=O) groups is 1. The summed E-state index contributed by atoms with van der Waals surface area (Å²) in [5, 5.41) is 3.18. The van der Waals surface area contributed by atoms with Gasteiger partial charge in [0.05, 0.1) is 6.04 Å². The summed E-state index contributed by atoms with van der Waals surface area (Å²) in [6.07, 6.45) is 10.3. The van der Waals surface area contributed by atoms with E-state index in [0.717, 1.165) is 30.5 Å². The van der Waals surface area contributed by atoms with Crippen LogP contribution in [0, 0.1) is 11.8 Å². The lowest BCUT2D eigenvalue weighted by Gasteiger charge is -2.54. The molecule has 27 heavy (non-hydrogen) atoms. The Bertz CT molecular complexity index is 716. The van der Waals surface area contributed by atoms with Crippen molar-refractivity contribution in [2.24, 2.45) is 11.8 Å². The molecule has 3 fully saturated rings. The van der Waals surface area contributed by atoms with E-state index >= 15 is 0 Å². The summed E-state index contributed by atoms with van der Waals surface area (Å²) in [4.78, 5) is 17.9. The average molecular weight is 366 g/mol. The SMILES string of the molecule is O=C(NCc1ccccc1)N1CCCC2=C[C@@H]3C[C@@H](CN4CCCC[C@H]34)[C@@H]21. The zero-order valence-electron chi connectivity index (χ0n) is 16.1. The molecule has 4 heteroatoms. The maximum Gasteiger partial charge on any atom is 0.318 e. The number of rotatable bonds is 2. The third-order valence-corrected chi connectivity index (χ3v) is 7.20. The fourth-order valence-corrected chi connectivity index (χ4v) is 6.08. The molecule has 2 bridgehead atoms. The number of piperidine rings is 3. The van der Waals surface area contributed by atoms with E-state index in [1.54, 1.807) is 5.57 Å². The maximum atomic E-state index is 13.0. The molecule has 1 N–H and O–H groups in total. The Kier molecular flexibility index (Phi) is 4.68. The fraction of sp³-hybridized carbons (Fsp3) is 0.609. The lowest BCUT2D eigenvalue weighted by atomic mass is 9.68. The first-order chi connectivity index (χ1) is 13.3. The number of amides is 2. The van der Waals surface area contributed by atoms with Crippen molar-refractivity contribution in [3.8, 4) is 0 Å². The largest absolute Gasteiger partial charge is 0.334 e. The molecule has 144 valence electrons. The van der Waals surface area contributed by atoms with Crippen LogP contribution in [0.1, 0.15) is 44.1 Å². The maximum absolute atomic E-state index is 13.0. The van der Waals surface area contributed by atoms with Gasteiger partial charge in [-0.2, -0.15) is 0 Å². The first kappa shape index (κ1) is 17.3. The number of likely N-dealkylation sites (tertiary alicyclic amines) is 1. The van der Waals surface area contributed by atoms with Gasteiger partial charge in [0.2, 0.25) is 0 Å². The lowest BCUT2D eigenvalue weighted by molar-refractivity contribution is 0.00788. The summed E-state index contributed by atoms with van der Waals surface area (Å²) in [6, 6.07) is 11.4. The Labute approximate surface area is 162 Å². The summed E-state index contributed by atoms with van der Waals surface area (Å²) in [7, 11) is 0. The van der Waals surface area contributed by atoms with E-state index in [4.69, 9.17) is 0 Å². The highest BCUT2D eigenvalue weighted by Crippen LogP contribution is 2.44. The first-order valence-corrected chi connectivity index (χ1v) is 10.8. The predicted octanol–water partition coefficient (Wildman–Crippen LogP) is 3.79. The average Bonchev–Trinajstić information content (AvgIpc) is 2.72. The van der Waals surface area contributed by atoms with Crippen molar-refractivity contribution in [2.75, 3.05) is 19.6 Å². The van der Waals surface area contributed by atoms with Crippen LogP contribution in [0.5, 0.6) is 0 Å². The molecule has 1 aromatic carbocycles. The van der Waals surface area contributed by atoms with Crippen molar-refractivity contribution in [2.45, 2.75) is 57.2 Å². The van der Waals surface area contributed by atoms with Crippen LogP contribution in [0.15, 0.2) is 42.0 Å². The van der Waals surface area contributed by atoms with Gasteiger partial charge in [-0.25, -0.2) is 4.79 Å². The Morgan fingerprint density at radius 2 is 2.00 bits per heavy atom. The Morgan fingerprint density at radius 1 is 1.11 bits per heavy atom. The van der Waals surface area contributed by atoms with Crippen LogP contribution in [-0.4, -0.2) is 47.5 Å². The molecule has 4 atom stereocenters. The summed E-state index contributed by atoms with van der Waals surface area (Å²) >= 11 is 0. The van der Waals surface area contributed by atoms with Crippen molar-refractivity contribution >= 4 is 6.03 Å². The second-order valence-corrected chi connectivity index (χ2v) is 8.85. The number of hydrogen-bond acceptors (Lipinski definition) is 2. The molecule has 1 aromatic rings. The lowest BCUT2D eigenvalue weighted by Crippen LogP contribution is -2.61. The quantitative estimate of drug-likeness (QED) is 0.810. The number of hydrogen-bond donors (Lipinski definition) is 1. The standard InChI is InChI=1S/C23H31N3O/c27-23(24-15-17-7-2-1-3-8-17)26-12-6-9-18-13-19-14-20(22(18)26)16-25-11-5-4-10-21(19)25/h1-3,7-8,13,19-22H,4-6,9-12,14-16H2,(H,24,27)/t19-,20+,21-,22-/m1/s1. The third-order valence-electron chi connectivity index (χ3n) is 7.20. The van der Waals surface area contributed by atoms with Crippen molar-refractivity contribution in [3.63, 3.8) is 0 Å². The molecule has 5 rings (SSSR count). The van der Waals surface area contributed by atoms with Gasteiger partial charge in [0, 0.05) is 25.7 Å². The minimum absolute atomic E-state index is 0.119. The molecule has 0 radical (unpaired) electrons. The van der Waals surface area contributed by atoms with E-state index in [-0.39, 0.29) is 6.03 Å². The van der Waals surface area contributed by atoms with Crippen molar-refractivity contribution in [1.82, 2.24) is 15.1 Å². The molecular formula is C23H31N3O. The van der Waals surface area contributed by atoms with Crippen LogP contribution in [0.3, 0.4) is 0 Å². The molecule has 1 aliphatic carbocycles. The molecule has 3 aliphatic heterocycles. The van der Waals surface area contributed by atoms with Crippen LogP contribution in [0.2, 0.25) is 0 Å². The molecule has 0 spiro atoms. The topological polar surface area (TPSA) is 35.6 Å². The normalized spacial score (nSPS) is 32.9. The number of nitrogens with zero attached hydrogens (tertiary/aromatic N) is 2. The number of fused-ring (bicyclic) bond motifs is 6. The van der Waals surface area contributed by atoms with Crippen molar-refractivity contribution in [1.29, 1.82) is 0 Å². The van der Waals surface area contributed by atoms with Crippen LogP contribution >= 0.6 is 0 Å². The van der Waals surface area contributed by atoms with Crippen LogP contribution < -0.4 is 5.32 Å². The van der Waals surface area contributed by atoms with E-state index in [2.05, 4.69) is 33.3 Å². The van der Waals surface area contributed by atoms with Gasteiger partial charge < -0.3 is 10.2 Å². The number of urea groups is 1. The van der Waals surface area contributed by atoms with E-state index < -0.39 is 0 Å².